The fraction of sp³-hybridized carbons (Fsp3) is 0.545. The summed E-state index contributed by atoms with van der Waals surface area (Å²) in [5.74, 6) is 0. The van der Waals surface area contributed by atoms with Gasteiger partial charge in [-0.3, -0.25) is 4.98 Å². The largest absolute Gasteiger partial charge is 0.378 e. The van der Waals surface area contributed by atoms with E-state index in [0.717, 1.165) is 26.2 Å². The molecular formula is C11H16N2O. The summed E-state index contributed by atoms with van der Waals surface area (Å²) in [5.41, 5.74) is 2.65. The molecule has 0 aromatic carbocycles. The van der Waals surface area contributed by atoms with Gasteiger partial charge in [0.05, 0.1) is 19.3 Å². The van der Waals surface area contributed by atoms with Gasteiger partial charge in [-0.2, -0.15) is 0 Å². The zero-order valence-corrected chi connectivity index (χ0v) is 8.49. The molecule has 1 atom stereocenters. The summed E-state index contributed by atoms with van der Waals surface area (Å²) in [6.45, 7) is 4.68. The number of aromatic nitrogens is 1. The highest BCUT2D eigenvalue weighted by Gasteiger charge is 2.17. The Morgan fingerprint density at radius 3 is 3.29 bits per heavy atom. The van der Waals surface area contributed by atoms with Crippen LogP contribution in [-0.4, -0.2) is 24.7 Å². The monoisotopic (exact) mass is 192 g/mol. The van der Waals surface area contributed by atoms with Gasteiger partial charge in [0.2, 0.25) is 0 Å². The SMILES string of the molecule is CCc1ccncc1[C@@H]1COCCN1. The Kier molecular flexibility index (Phi) is 3.11. The van der Waals surface area contributed by atoms with Crippen LogP contribution in [0.25, 0.3) is 0 Å². The third kappa shape index (κ3) is 1.94. The molecule has 14 heavy (non-hydrogen) atoms. The van der Waals surface area contributed by atoms with E-state index >= 15 is 0 Å². The second kappa shape index (κ2) is 4.53. The van der Waals surface area contributed by atoms with Crippen LogP contribution in [0.3, 0.4) is 0 Å². The number of hydrogen-bond acceptors (Lipinski definition) is 3. The van der Waals surface area contributed by atoms with Gasteiger partial charge in [-0.05, 0) is 23.6 Å². The van der Waals surface area contributed by atoms with Crippen molar-refractivity contribution in [3.63, 3.8) is 0 Å². The Balaban J connectivity index is 2.20. The predicted octanol–water partition coefficient (Wildman–Crippen LogP) is 1.30. The van der Waals surface area contributed by atoms with E-state index in [1.807, 2.05) is 12.4 Å². The molecular weight excluding hydrogens is 176 g/mol. The molecule has 1 saturated heterocycles. The lowest BCUT2D eigenvalue weighted by molar-refractivity contribution is 0.0765. The van der Waals surface area contributed by atoms with E-state index in [2.05, 4.69) is 23.3 Å². The summed E-state index contributed by atoms with van der Waals surface area (Å²) < 4.78 is 5.45. The molecule has 2 heterocycles. The molecule has 1 N–H and O–H groups in total. The zero-order valence-electron chi connectivity index (χ0n) is 8.49. The lowest BCUT2D eigenvalue weighted by atomic mass is 10.0. The van der Waals surface area contributed by atoms with Crippen LogP contribution in [0.4, 0.5) is 0 Å². The van der Waals surface area contributed by atoms with Crippen molar-refractivity contribution < 1.29 is 4.74 Å². The van der Waals surface area contributed by atoms with Gasteiger partial charge >= 0.3 is 0 Å². The first kappa shape index (κ1) is 9.62. The number of ether oxygens (including phenoxy) is 1. The molecule has 76 valence electrons. The number of nitrogens with one attached hydrogen (secondary N) is 1. The van der Waals surface area contributed by atoms with Crippen molar-refractivity contribution in [2.75, 3.05) is 19.8 Å². The van der Waals surface area contributed by atoms with Crippen molar-refractivity contribution in [2.24, 2.45) is 0 Å². The van der Waals surface area contributed by atoms with E-state index in [4.69, 9.17) is 4.74 Å². The van der Waals surface area contributed by atoms with Crippen molar-refractivity contribution >= 4 is 0 Å². The van der Waals surface area contributed by atoms with E-state index in [0.29, 0.717) is 6.04 Å². The molecule has 0 saturated carbocycles. The molecule has 0 radical (unpaired) electrons. The van der Waals surface area contributed by atoms with Gasteiger partial charge in [0.15, 0.2) is 0 Å². The highest BCUT2D eigenvalue weighted by Crippen LogP contribution is 2.19. The Morgan fingerprint density at radius 2 is 2.57 bits per heavy atom. The minimum atomic E-state index is 0.326. The van der Waals surface area contributed by atoms with Crippen molar-refractivity contribution in [1.29, 1.82) is 0 Å². The lowest BCUT2D eigenvalue weighted by Gasteiger charge is -2.25. The van der Waals surface area contributed by atoms with E-state index in [-0.39, 0.29) is 0 Å². The van der Waals surface area contributed by atoms with Crippen molar-refractivity contribution in [2.45, 2.75) is 19.4 Å². The average molecular weight is 192 g/mol. The molecule has 0 unspecified atom stereocenters. The number of pyridine rings is 1. The number of aryl methyl sites for hydroxylation is 1. The topological polar surface area (TPSA) is 34.1 Å². The normalized spacial score (nSPS) is 22.2. The van der Waals surface area contributed by atoms with Gasteiger partial charge in [-0.1, -0.05) is 6.92 Å². The smallest absolute Gasteiger partial charge is 0.0662 e. The standard InChI is InChI=1S/C11H16N2O/c1-2-9-3-4-12-7-10(9)11-8-14-6-5-13-11/h3-4,7,11,13H,2,5-6,8H2,1H3/t11-/m0/s1. The Bertz CT molecular complexity index is 295. The molecule has 2 rings (SSSR count). The molecule has 1 aromatic heterocycles. The summed E-state index contributed by atoms with van der Waals surface area (Å²) in [5, 5.41) is 3.45. The van der Waals surface area contributed by atoms with E-state index < -0.39 is 0 Å². The van der Waals surface area contributed by atoms with E-state index in [9.17, 15) is 0 Å². The Morgan fingerprint density at radius 1 is 1.64 bits per heavy atom. The molecule has 0 bridgehead atoms. The first-order valence-electron chi connectivity index (χ1n) is 5.15. The van der Waals surface area contributed by atoms with Crippen molar-refractivity contribution in [3.8, 4) is 0 Å². The van der Waals surface area contributed by atoms with Crippen LogP contribution < -0.4 is 5.32 Å². The predicted molar refractivity (Wildman–Crippen MR) is 55.2 cm³/mol. The molecule has 1 fully saturated rings. The zero-order chi connectivity index (χ0) is 9.80. The van der Waals surface area contributed by atoms with Crippen LogP contribution in [0.1, 0.15) is 24.1 Å². The summed E-state index contributed by atoms with van der Waals surface area (Å²) >= 11 is 0. The van der Waals surface area contributed by atoms with Crippen LogP contribution in [0.15, 0.2) is 18.5 Å². The van der Waals surface area contributed by atoms with Crippen LogP contribution in [0.5, 0.6) is 0 Å². The first-order chi connectivity index (χ1) is 6.92. The molecule has 0 spiro atoms. The van der Waals surface area contributed by atoms with Crippen molar-refractivity contribution in [3.05, 3.63) is 29.6 Å². The van der Waals surface area contributed by atoms with E-state index in [1.165, 1.54) is 11.1 Å². The number of morpholine rings is 1. The van der Waals surface area contributed by atoms with Crippen molar-refractivity contribution in [1.82, 2.24) is 10.3 Å². The van der Waals surface area contributed by atoms with Gasteiger partial charge in [-0.25, -0.2) is 0 Å². The molecule has 1 aliphatic heterocycles. The maximum atomic E-state index is 5.45. The number of nitrogens with zero attached hydrogens (tertiary/aromatic N) is 1. The third-order valence-electron chi connectivity index (χ3n) is 2.62. The maximum Gasteiger partial charge on any atom is 0.0662 e. The van der Waals surface area contributed by atoms with Crippen LogP contribution in [-0.2, 0) is 11.2 Å². The Labute approximate surface area is 84.5 Å². The molecule has 1 aromatic rings. The second-order valence-electron chi connectivity index (χ2n) is 3.51. The molecule has 3 nitrogen and oxygen atoms in total. The Hall–Kier alpha value is -0.930. The lowest BCUT2D eigenvalue weighted by Crippen LogP contribution is -2.35. The van der Waals surface area contributed by atoms with Crippen LogP contribution in [0.2, 0.25) is 0 Å². The fourth-order valence-corrected chi connectivity index (χ4v) is 1.84. The van der Waals surface area contributed by atoms with Crippen LogP contribution in [0, 0.1) is 0 Å². The highest BCUT2D eigenvalue weighted by molar-refractivity contribution is 5.26. The first-order valence-corrected chi connectivity index (χ1v) is 5.15. The quantitative estimate of drug-likeness (QED) is 0.767. The highest BCUT2D eigenvalue weighted by atomic mass is 16.5. The van der Waals surface area contributed by atoms with Gasteiger partial charge in [0.1, 0.15) is 0 Å². The van der Waals surface area contributed by atoms with E-state index in [1.54, 1.807) is 0 Å². The fourth-order valence-electron chi connectivity index (χ4n) is 1.84. The minimum absolute atomic E-state index is 0.326. The molecule has 0 aliphatic carbocycles. The summed E-state index contributed by atoms with van der Waals surface area (Å²) in [6, 6.07) is 2.42. The second-order valence-corrected chi connectivity index (χ2v) is 3.51. The summed E-state index contributed by atoms with van der Waals surface area (Å²) in [4.78, 5) is 4.17. The van der Waals surface area contributed by atoms with Gasteiger partial charge in [0.25, 0.3) is 0 Å². The molecule has 3 heteroatoms. The van der Waals surface area contributed by atoms with Gasteiger partial charge < -0.3 is 10.1 Å². The minimum Gasteiger partial charge on any atom is -0.378 e. The summed E-state index contributed by atoms with van der Waals surface area (Å²) in [7, 11) is 0. The number of hydrogen-bond donors (Lipinski definition) is 1. The maximum absolute atomic E-state index is 5.45. The van der Waals surface area contributed by atoms with Gasteiger partial charge in [0, 0.05) is 18.9 Å². The summed E-state index contributed by atoms with van der Waals surface area (Å²) in [6.07, 6.45) is 4.85. The number of rotatable bonds is 2. The van der Waals surface area contributed by atoms with Crippen LogP contribution >= 0.6 is 0 Å². The average Bonchev–Trinajstić information content (AvgIpc) is 2.30. The molecule has 1 aliphatic rings. The molecule has 0 amide bonds. The third-order valence-corrected chi connectivity index (χ3v) is 2.62. The van der Waals surface area contributed by atoms with Gasteiger partial charge in [-0.15, -0.1) is 0 Å².